The Kier molecular flexibility index (Phi) is 5.72. The number of aromatic nitrogens is 1. The highest BCUT2D eigenvalue weighted by Gasteiger charge is 2.27. The maximum absolute atomic E-state index is 13.5. The lowest BCUT2D eigenvalue weighted by Gasteiger charge is -2.20. The Morgan fingerprint density at radius 3 is 2.60 bits per heavy atom. The molecule has 0 fully saturated rings. The van der Waals surface area contributed by atoms with Crippen LogP contribution in [0.3, 0.4) is 0 Å². The zero-order valence-electron chi connectivity index (χ0n) is 14.5. The van der Waals surface area contributed by atoms with Gasteiger partial charge in [0.1, 0.15) is 0 Å². The number of alkyl halides is 2. The van der Waals surface area contributed by atoms with Gasteiger partial charge in [-0.15, -0.1) is 0 Å². The number of rotatable bonds is 7. The van der Waals surface area contributed by atoms with E-state index in [0.29, 0.717) is 5.69 Å². The van der Waals surface area contributed by atoms with Gasteiger partial charge < -0.3 is 10.4 Å². The molecule has 0 spiro atoms. The molecule has 0 bridgehead atoms. The van der Waals surface area contributed by atoms with Gasteiger partial charge in [0.15, 0.2) is 0 Å². The summed E-state index contributed by atoms with van der Waals surface area (Å²) in [4.78, 5) is 15.5. The summed E-state index contributed by atoms with van der Waals surface area (Å²) >= 11 is 0. The van der Waals surface area contributed by atoms with Crippen LogP contribution in [-0.4, -0.2) is 22.0 Å². The summed E-state index contributed by atoms with van der Waals surface area (Å²) in [6.07, 6.45) is 1.51. The van der Waals surface area contributed by atoms with Crippen molar-refractivity contribution in [1.29, 1.82) is 0 Å². The molecular weight excluding hydrogens is 326 g/mol. The molecule has 2 aromatic rings. The van der Waals surface area contributed by atoms with Gasteiger partial charge in [0.2, 0.25) is 0 Å². The minimum absolute atomic E-state index is 0.0337. The predicted octanol–water partition coefficient (Wildman–Crippen LogP) is 5.23. The summed E-state index contributed by atoms with van der Waals surface area (Å²) in [5.41, 5.74) is 1.78. The molecule has 0 radical (unpaired) electrons. The summed E-state index contributed by atoms with van der Waals surface area (Å²) in [6, 6.07) is 8.79. The highest BCUT2D eigenvalue weighted by atomic mass is 19.3. The molecule has 25 heavy (non-hydrogen) atoms. The molecule has 0 aliphatic rings. The first-order chi connectivity index (χ1) is 11.7. The number of carbonyl (C=O) groups is 1. The molecule has 2 N–H and O–H groups in total. The zero-order chi connectivity index (χ0) is 18.6. The maximum Gasteiger partial charge on any atom is 0.337 e. The second kappa shape index (κ2) is 7.59. The molecule has 1 aromatic carbocycles. The van der Waals surface area contributed by atoms with Crippen molar-refractivity contribution < 1.29 is 18.7 Å². The van der Waals surface area contributed by atoms with E-state index in [-0.39, 0.29) is 22.9 Å². The Balaban J connectivity index is 2.53. The monoisotopic (exact) mass is 348 g/mol. The molecule has 134 valence electrons. The van der Waals surface area contributed by atoms with Crippen LogP contribution in [-0.2, 0) is 6.42 Å². The van der Waals surface area contributed by atoms with Gasteiger partial charge in [-0.1, -0.05) is 32.0 Å². The topological polar surface area (TPSA) is 62.2 Å². The number of hydrogen-bond acceptors (Lipinski definition) is 3. The number of nitrogens with one attached hydrogen (secondary N) is 1. The fourth-order valence-corrected chi connectivity index (χ4v) is 2.65. The standard InChI is InChI=1S/C19H22F2N2O2/c1-4-12(2)13-7-5-6-8-15(13)23-17-14(18(24)25)9-10-22-16(17)11-19(3,20)21/h5-10,12,23H,4,11H2,1-3H3,(H,24,25)/t12-/m0/s1. The Morgan fingerprint density at radius 2 is 2.00 bits per heavy atom. The molecule has 1 atom stereocenters. The van der Waals surface area contributed by atoms with Crippen LogP contribution in [0.2, 0.25) is 0 Å². The van der Waals surface area contributed by atoms with E-state index in [4.69, 9.17) is 0 Å². The first-order valence-corrected chi connectivity index (χ1v) is 8.18. The number of nitrogens with zero attached hydrogens (tertiary/aromatic N) is 1. The van der Waals surface area contributed by atoms with E-state index in [1.807, 2.05) is 24.3 Å². The van der Waals surface area contributed by atoms with Gasteiger partial charge in [-0.25, -0.2) is 13.6 Å². The Bertz CT molecular complexity index is 757. The summed E-state index contributed by atoms with van der Waals surface area (Å²) < 4.78 is 27.0. The van der Waals surface area contributed by atoms with Crippen LogP contribution in [0.5, 0.6) is 0 Å². The van der Waals surface area contributed by atoms with Gasteiger partial charge in [0.05, 0.1) is 23.4 Å². The number of anilines is 2. The minimum Gasteiger partial charge on any atom is -0.478 e. The van der Waals surface area contributed by atoms with Crippen LogP contribution < -0.4 is 5.32 Å². The third kappa shape index (κ3) is 4.75. The Labute approximate surface area is 145 Å². The van der Waals surface area contributed by atoms with Crippen molar-refractivity contribution in [3.63, 3.8) is 0 Å². The number of benzene rings is 1. The highest BCUT2D eigenvalue weighted by molar-refractivity contribution is 5.96. The van der Waals surface area contributed by atoms with Gasteiger partial charge in [-0.05, 0) is 37.0 Å². The number of aromatic carboxylic acids is 1. The fourth-order valence-electron chi connectivity index (χ4n) is 2.65. The molecule has 0 amide bonds. The SMILES string of the molecule is CC[C@H](C)c1ccccc1Nc1c(C(=O)O)ccnc1CC(C)(F)F. The van der Waals surface area contributed by atoms with Crippen LogP contribution in [0.15, 0.2) is 36.5 Å². The largest absolute Gasteiger partial charge is 0.478 e. The molecule has 0 unspecified atom stereocenters. The van der Waals surface area contributed by atoms with Crippen molar-refractivity contribution in [3.05, 3.63) is 53.3 Å². The maximum atomic E-state index is 13.5. The predicted molar refractivity (Wildman–Crippen MR) is 94.0 cm³/mol. The molecule has 1 heterocycles. The van der Waals surface area contributed by atoms with Gasteiger partial charge >= 0.3 is 5.97 Å². The van der Waals surface area contributed by atoms with E-state index < -0.39 is 18.3 Å². The number of carboxylic acids is 1. The van der Waals surface area contributed by atoms with Crippen LogP contribution in [0, 0.1) is 0 Å². The van der Waals surface area contributed by atoms with E-state index in [0.717, 1.165) is 18.9 Å². The molecular formula is C19H22F2N2O2. The highest BCUT2D eigenvalue weighted by Crippen LogP contribution is 2.33. The third-order valence-corrected chi connectivity index (χ3v) is 4.10. The number of carboxylic acid groups (broad SMARTS) is 1. The molecule has 1 aromatic heterocycles. The second-order valence-corrected chi connectivity index (χ2v) is 6.25. The fraction of sp³-hybridized carbons (Fsp3) is 0.368. The van der Waals surface area contributed by atoms with Crippen LogP contribution in [0.1, 0.15) is 54.7 Å². The quantitative estimate of drug-likeness (QED) is 0.719. The lowest BCUT2D eigenvalue weighted by molar-refractivity contribution is 0.0217. The lowest BCUT2D eigenvalue weighted by atomic mass is 9.96. The second-order valence-electron chi connectivity index (χ2n) is 6.25. The molecule has 0 saturated heterocycles. The molecule has 4 nitrogen and oxygen atoms in total. The van der Waals surface area contributed by atoms with Crippen molar-refractivity contribution >= 4 is 17.3 Å². The van der Waals surface area contributed by atoms with Crippen LogP contribution >= 0.6 is 0 Å². The normalized spacial score (nSPS) is 12.7. The molecule has 0 aliphatic carbocycles. The molecule has 0 saturated carbocycles. The van der Waals surface area contributed by atoms with Crippen molar-refractivity contribution in [2.24, 2.45) is 0 Å². The number of para-hydroxylation sites is 1. The van der Waals surface area contributed by atoms with E-state index in [1.165, 1.54) is 12.3 Å². The number of pyridine rings is 1. The van der Waals surface area contributed by atoms with Crippen molar-refractivity contribution in [2.45, 2.75) is 45.5 Å². The summed E-state index contributed by atoms with van der Waals surface area (Å²) in [5.74, 6) is -3.94. The molecule has 6 heteroatoms. The lowest BCUT2D eigenvalue weighted by Crippen LogP contribution is -2.18. The summed E-state index contributed by atoms with van der Waals surface area (Å²) in [6.45, 7) is 4.90. The van der Waals surface area contributed by atoms with Gasteiger partial charge in [0, 0.05) is 11.9 Å². The van der Waals surface area contributed by atoms with Crippen LogP contribution in [0.4, 0.5) is 20.2 Å². The number of hydrogen-bond donors (Lipinski definition) is 2. The first kappa shape index (κ1) is 18.8. The Hall–Kier alpha value is -2.50. The van der Waals surface area contributed by atoms with Crippen molar-refractivity contribution in [1.82, 2.24) is 4.98 Å². The van der Waals surface area contributed by atoms with Crippen LogP contribution in [0.25, 0.3) is 0 Å². The Morgan fingerprint density at radius 1 is 1.32 bits per heavy atom. The van der Waals surface area contributed by atoms with Gasteiger partial charge in [-0.2, -0.15) is 0 Å². The van der Waals surface area contributed by atoms with Gasteiger partial charge in [-0.3, -0.25) is 4.98 Å². The smallest absolute Gasteiger partial charge is 0.337 e. The average Bonchev–Trinajstić information content (AvgIpc) is 2.54. The number of halogens is 2. The first-order valence-electron chi connectivity index (χ1n) is 8.18. The van der Waals surface area contributed by atoms with Crippen molar-refractivity contribution in [2.75, 3.05) is 5.32 Å². The summed E-state index contributed by atoms with van der Waals surface area (Å²) in [7, 11) is 0. The summed E-state index contributed by atoms with van der Waals surface area (Å²) in [5, 5.41) is 12.5. The van der Waals surface area contributed by atoms with Gasteiger partial charge in [0.25, 0.3) is 5.92 Å². The van der Waals surface area contributed by atoms with Crippen molar-refractivity contribution in [3.8, 4) is 0 Å². The minimum atomic E-state index is -2.99. The van der Waals surface area contributed by atoms with E-state index in [2.05, 4.69) is 24.1 Å². The van der Waals surface area contributed by atoms with E-state index in [1.54, 1.807) is 0 Å². The molecule has 2 rings (SSSR count). The van der Waals surface area contributed by atoms with E-state index >= 15 is 0 Å². The molecule has 0 aliphatic heterocycles. The average molecular weight is 348 g/mol. The zero-order valence-corrected chi connectivity index (χ0v) is 14.5. The van der Waals surface area contributed by atoms with E-state index in [9.17, 15) is 18.7 Å². The third-order valence-electron chi connectivity index (χ3n) is 4.10.